The number of alkyl halides is 3. The molecule has 0 bridgehead atoms. The summed E-state index contributed by atoms with van der Waals surface area (Å²) in [6.45, 7) is 0.360. The number of hydrogen-bond donors (Lipinski definition) is 1. The topological polar surface area (TPSA) is 46.3 Å². The molecule has 0 radical (unpaired) electrons. The van der Waals surface area contributed by atoms with E-state index < -0.39 is 22.9 Å². The normalized spacial score (nSPS) is 33.0. The Kier molecular flexibility index (Phi) is 2.67. The van der Waals surface area contributed by atoms with Crippen LogP contribution in [0.3, 0.4) is 0 Å². The number of hydrogen-bond acceptors (Lipinski definition) is 2. The van der Waals surface area contributed by atoms with Crippen molar-refractivity contribution in [3.8, 4) is 0 Å². The second-order valence-corrected chi connectivity index (χ2v) is 5.83. The second kappa shape index (κ2) is 3.97. The van der Waals surface area contributed by atoms with Gasteiger partial charge in [0.2, 0.25) is 5.91 Å². The van der Waals surface area contributed by atoms with E-state index in [2.05, 4.69) is 0 Å². The number of nitrogens with two attached hydrogens (primary N) is 1. The summed E-state index contributed by atoms with van der Waals surface area (Å²) in [6, 6.07) is 9.26. The lowest BCUT2D eigenvalue weighted by Gasteiger charge is -2.22. The lowest BCUT2D eigenvalue weighted by atomic mass is 9.95. The first-order chi connectivity index (χ1) is 9.31. The molecule has 2 aliphatic rings. The Morgan fingerprint density at radius 2 is 1.90 bits per heavy atom. The van der Waals surface area contributed by atoms with Crippen LogP contribution in [0.5, 0.6) is 0 Å². The average Bonchev–Trinajstić information content (AvgIpc) is 2.91. The molecule has 1 aliphatic heterocycles. The van der Waals surface area contributed by atoms with Crippen LogP contribution in [-0.4, -0.2) is 30.1 Å². The number of fused-ring (bicyclic) bond motifs is 1. The van der Waals surface area contributed by atoms with E-state index in [0.717, 1.165) is 5.56 Å². The third kappa shape index (κ3) is 1.67. The molecule has 1 amide bonds. The molecule has 1 aromatic carbocycles. The number of amides is 1. The van der Waals surface area contributed by atoms with Crippen molar-refractivity contribution in [1.29, 1.82) is 0 Å². The average molecular weight is 284 g/mol. The smallest absolute Gasteiger partial charge is 0.369 e. The molecule has 2 N–H and O–H groups in total. The Labute approximate surface area is 114 Å². The molecule has 0 aromatic heterocycles. The molecule has 3 rings (SSSR count). The van der Waals surface area contributed by atoms with Crippen molar-refractivity contribution in [2.24, 2.45) is 16.6 Å². The Hall–Kier alpha value is -1.56. The third-order valence-electron chi connectivity index (χ3n) is 4.64. The maximum absolute atomic E-state index is 13.3. The molecule has 108 valence electrons. The Morgan fingerprint density at radius 3 is 2.40 bits per heavy atom. The van der Waals surface area contributed by atoms with Crippen LogP contribution in [0.15, 0.2) is 30.3 Å². The number of benzene rings is 1. The van der Waals surface area contributed by atoms with Crippen molar-refractivity contribution in [2.75, 3.05) is 13.1 Å². The zero-order valence-electron chi connectivity index (χ0n) is 10.8. The molecule has 0 unspecified atom stereocenters. The minimum Gasteiger partial charge on any atom is -0.369 e. The number of primary amides is 1. The number of likely N-dealkylation sites (tertiary alicyclic amines) is 1. The van der Waals surface area contributed by atoms with Gasteiger partial charge in [-0.3, -0.25) is 9.69 Å². The molecular formula is C14H15F3N2O. The van der Waals surface area contributed by atoms with E-state index in [1.165, 1.54) is 0 Å². The summed E-state index contributed by atoms with van der Waals surface area (Å²) in [5.41, 5.74) is 2.83. The fourth-order valence-electron chi connectivity index (χ4n) is 3.52. The van der Waals surface area contributed by atoms with E-state index in [1.54, 1.807) is 4.90 Å². The lowest BCUT2D eigenvalue weighted by Crippen LogP contribution is -2.37. The van der Waals surface area contributed by atoms with Crippen molar-refractivity contribution in [3.05, 3.63) is 35.9 Å². The maximum Gasteiger partial charge on any atom is 0.396 e. The summed E-state index contributed by atoms with van der Waals surface area (Å²) in [4.78, 5) is 13.2. The molecule has 1 aromatic rings. The number of carbonyl (C=O) groups is 1. The van der Waals surface area contributed by atoms with Crippen molar-refractivity contribution in [3.63, 3.8) is 0 Å². The van der Waals surface area contributed by atoms with Crippen molar-refractivity contribution in [2.45, 2.75) is 19.1 Å². The lowest BCUT2D eigenvalue weighted by molar-refractivity contribution is -0.194. The molecule has 20 heavy (non-hydrogen) atoms. The first kappa shape index (κ1) is 13.4. The fourth-order valence-corrected chi connectivity index (χ4v) is 3.52. The number of carbonyl (C=O) groups excluding carboxylic acids is 1. The van der Waals surface area contributed by atoms with Crippen LogP contribution in [0.4, 0.5) is 13.2 Å². The zero-order chi connectivity index (χ0) is 14.6. The fraction of sp³-hybridized carbons (Fsp3) is 0.500. The van der Waals surface area contributed by atoms with Crippen molar-refractivity contribution in [1.82, 2.24) is 4.90 Å². The number of halogens is 3. The Morgan fingerprint density at radius 1 is 1.25 bits per heavy atom. The minimum atomic E-state index is -4.38. The summed E-state index contributed by atoms with van der Waals surface area (Å²) >= 11 is 0. The van der Waals surface area contributed by atoms with Gasteiger partial charge in [-0.05, 0) is 12.0 Å². The monoisotopic (exact) mass is 284 g/mol. The molecule has 2 fully saturated rings. The molecule has 1 saturated carbocycles. The SMILES string of the molecule is NC(=O)[C@@]12CN(Cc3ccccc3)C[C@]1(C(F)(F)F)C2. The Bertz CT molecular complexity index is 545. The van der Waals surface area contributed by atoms with Gasteiger partial charge in [-0.15, -0.1) is 0 Å². The quantitative estimate of drug-likeness (QED) is 0.922. The van der Waals surface area contributed by atoms with Crippen molar-refractivity contribution >= 4 is 5.91 Å². The van der Waals surface area contributed by atoms with Gasteiger partial charge in [0.1, 0.15) is 0 Å². The van der Waals surface area contributed by atoms with E-state index in [4.69, 9.17) is 5.73 Å². The van der Waals surface area contributed by atoms with Gasteiger partial charge in [-0.25, -0.2) is 0 Å². The van der Waals surface area contributed by atoms with Gasteiger partial charge >= 0.3 is 6.18 Å². The highest BCUT2D eigenvalue weighted by Gasteiger charge is 2.85. The van der Waals surface area contributed by atoms with Crippen LogP contribution in [0.25, 0.3) is 0 Å². The molecule has 2 atom stereocenters. The molecule has 3 nitrogen and oxygen atoms in total. The summed E-state index contributed by atoms with van der Waals surface area (Å²) < 4.78 is 39.8. The summed E-state index contributed by atoms with van der Waals surface area (Å²) in [5.74, 6) is -0.828. The highest BCUT2D eigenvalue weighted by Crippen LogP contribution is 2.74. The van der Waals surface area contributed by atoms with Gasteiger partial charge in [0.05, 0.1) is 10.8 Å². The van der Waals surface area contributed by atoms with Crippen LogP contribution < -0.4 is 5.73 Å². The predicted molar refractivity (Wildman–Crippen MR) is 66.5 cm³/mol. The molecule has 1 aliphatic carbocycles. The maximum atomic E-state index is 13.3. The summed E-state index contributed by atoms with van der Waals surface area (Å²) in [5, 5.41) is 0. The van der Waals surface area contributed by atoms with Crippen LogP contribution in [0.2, 0.25) is 0 Å². The second-order valence-electron chi connectivity index (χ2n) is 5.83. The van der Waals surface area contributed by atoms with Crippen LogP contribution in [-0.2, 0) is 11.3 Å². The van der Waals surface area contributed by atoms with Crippen LogP contribution in [0.1, 0.15) is 12.0 Å². The third-order valence-corrected chi connectivity index (χ3v) is 4.64. The van der Waals surface area contributed by atoms with E-state index in [1.807, 2.05) is 30.3 Å². The predicted octanol–water partition coefficient (Wildman–Crippen LogP) is 1.93. The molecular weight excluding hydrogens is 269 g/mol. The standard InChI is InChI=1S/C14H15F3N2O/c15-14(16,17)13-7-12(13,11(18)20)8-19(9-13)6-10-4-2-1-3-5-10/h1-5H,6-9H2,(H2,18,20)/t12-,13-/m1/s1. The van der Waals surface area contributed by atoms with E-state index in [-0.39, 0.29) is 19.5 Å². The summed E-state index contributed by atoms with van der Waals surface area (Å²) in [6.07, 6.45) is -4.54. The molecule has 1 saturated heterocycles. The van der Waals surface area contributed by atoms with E-state index >= 15 is 0 Å². The van der Waals surface area contributed by atoms with E-state index in [0.29, 0.717) is 6.54 Å². The van der Waals surface area contributed by atoms with Gasteiger partial charge in [0, 0.05) is 19.6 Å². The first-order valence-electron chi connectivity index (χ1n) is 6.44. The molecule has 1 heterocycles. The zero-order valence-corrected chi connectivity index (χ0v) is 10.8. The highest BCUT2D eigenvalue weighted by molar-refractivity contribution is 5.87. The number of nitrogens with zero attached hydrogens (tertiary/aromatic N) is 1. The van der Waals surface area contributed by atoms with Crippen molar-refractivity contribution < 1.29 is 18.0 Å². The van der Waals surface area contributed by atoms with Gasteiger partial charge in [-0.1, -0.05) is 30.3 Å². The Balaban J connectivity index is 1.82. The van der Waals surface area contributed by atoms with Gasteiger partial charge in [0.25, 0.3) is 0 Å². The largest absolute Gasteiger partial charge is 0.396 e. The van der Waals surface area contributed by atoms with Crippen LogP contribution >= 0.6 is 0 Å². The number of piperidine rings is 1. The molecule has 6 heteroatoms. The first-order valence-corrected chi connectivity index (χ1v) is 6.44. The number of rotatable bonds is 3. The highest BCUT2D eigenvalue weighted by atomic mass is 19.4. The van der Waals surface area contributed by atoms with Gasteiger partial charge < -0.3 is 5.73 Å². The van der Waals surface area contributed by atoms with Crippen LogP contribution in [0, 0.1) is 10.8 Å². The minimum absolute atomic E-state index is 0.0940. The van der Waals surface area contributed by atoms with Gasteiger partial charge in [-0.2, -0.15) is 13.2 Å². The van der Waals surface area contributed by atoms with E-state index in [9.17, 15) is 18.0 Å². The molecule has 0 spiro atoms. The van der Waals surface area contributed by atoms with Gasteiger partial charge in [0.15, 0.2) is 0 Å². The summed E-state index contributed by atoms with van der Waals surface area (Å²) in [7, 11) is 0.